The van der Waals surface area contributed by atoms with Gasteiger partial charge in [0.05, 0.1) is 0 Å². The number of benzene rings is 2. The molecule has 0 unspecified atom stereocenters. The average molecular weight is 664 g/mol. The molecule has 0 aliphatic rings. The largest absolute Gasteiger partial charge is 0.140 e. The quantitative estimate of drug-likeness (QED) is 0.180. The Morgan fingerprint density at radius 2 is 0.935 bits per heavy atom. The molecule has 0 N–H and O–H groups in total. The molecule has 0 fully saturated rings. The van der Waals surface area contributed by atoms with Crippen LogP contribution in [0.25, 0.3) is 24.3 Å². The molecular weight excluding hydrogens is 642 g/mol. The smallest absolute Gasteiger partial charge is 0.0334 e. The van der Waals surface area contributed by atoms with Gasteiger partial charge in [-0.05, 0) is 117 Å². The summed E-state index contributed by atoms with van der Waals surface area (Å²) in [6.07, 6.45) is 8.82. The van der Waals surface area contributed by atoms with Crippen molar-refractivity contribution in [3.05, 3.63) is 111 Å². The molecule has 0 spiro atoms. The number of hydrogen-bond donors (Lipinski definition) is 0. The lowest BCUT2D eigenvalue weighted by atomic mass is 9.90. The summed E-state index contributed by atoms with van der Waals surface area (Å²) in [6, 6.07) is 26.2. The van der Waals surface area contributed by atoms with Crippen molar-refractivity contribution in [1.82, 2.24) is 0 Å². The summed E-state index contributed by atoms with van der Waals surface area (Å²) >= 11 is 8.43. The molecule has 4 rings (SSSR count). The molecule has 0 saturated heterocycles. The minimum Gasteiger partial charge on any atom is -0.140 e. The van der Waals surface area contributed by atoms with Crippen LogP contribution in [0.3, 0.4) is 0 Å². The van der Waals surface area contributed by atoms with Gasteiger partial charge in [-0.15, -0.1) is 22.7 Å². The highest BCUT2D eigenvalue weighted by Crippen LogP contribution is 2.40. The van der Waals surface area contributed by atoms with E-state index < -0.39 is 0 Å². The lowest BCUT2D eigenvalue weighted by Crippen LogP contribution is -2.15. The Bertz CT molecular complexity index is 1110. The van der Waals surface area contributed by atoms with Gasteiger partial charge in [0.2, 0.25) is 0 Å². The zero-order chi connectivity index (χ0) is 21.8. The van der Waals surface area contributed by atoms with Crippen LogP contribution in [-0.4, -0.2) is 0 Å². The van der Waals surface area contributed by atoms with E-state index in [9.17, 15) is 0 Å². The molecule has 2 aromatic carbocycles. The fourth-order valence-electron chi connectivity index (χ4n) is 3.18. The maximum Gasteiger partial charge on any atom is 0.0334 e. The summed E-state index contributed by atoms with van der Waals surface area (Å²) in [4.78, 5) is 5.36. The third-order valence-corrected chi connectivity index (χ3v) is 9.29. The third-order valence-electron chi connectivity index (χ3n) is 5.11. The van der Waals surface area contributed by atoms with Crippen molar-refractivity contribution >= 4 is 92.2 Å². The van der Waals surface area contributed by atoms with Crippen LogP contribution >= 0.6 is 67.9 Å². The van der Waals surface area contributed by atoms with E-state index in [2.05, 4.69) is 156 Å². The van der Waals surface area contributed by atoms with Gasteiger partial charge in [-0.25, -0.2) is 0 Å². The predicted molar refractivity (Wildman–Crippen MR) is 157 cm³/mol. The molecular formula is C27H22I2S2. The van der Waals surface area contributed by atoms with Crippen molar-refractivity contribution < 1.29 is 0 Å². The van der Waals surface area contributed by atoms with E-state index in [1.165, 1.54) is 37.8 Å². The Balaban J connectivity index is 1.48. The highest BCUT2D eigenvalue weighted by atomic mass is 127. The van der Waals surface area contributed by atoms with Crippen molar-refractivity contribution in [1.29, 1.82) is 0 Å². The van der Waals surface area contributed by atoms with E-state index in [0.29, 0.717) is 0 Å². The molecule has 0 bridgehead atoms. The number of hydrogen-bond acceptors (Lipinski definition) is 2. The maximum atomic E-state index is 2.34. The normalized spacial score (nSPS) is 12.3. The van der Waals surface area contributed by atoms with Gasteiger partial charge in [0.15, 0.2) is 0 Å². The zero-order valence-corrected chi connectivity index (χ0v) is 23.3. The SMILES string of the molecule is CC(C)(c1ccc(/C=C/c2ccc(I)cc2)s1)c1ccc(/C=C/c2ccc(I)cc2)s1. The van der Waals surface area contributed by atoms with Crippen LogP contribution in [0, 0.1) is 7.14 Å². The van der Waals surface area contributed by atoms with Crippen LogP contribution in [0.1, 0.15) is 44.5 Å². The summed E-state index contributed by atoms with van der Waals surface area (Å²) < 4.78 is 2.53. The van der Waals surface area contributed by atoms with Gasteiger partial charge in [-0.3, -0.25) is 0 Å². The predicted octanol–water partition coefficient (Wildman–Crippen LogP) is 9.69. The summed E-state index contributed by atoms with van der Waals surface area (Å²) in [5, 5.41) is 0. The van der Waals surface area contributed by atoms with Gasteiger partial charge in [0.25, 0.3) is 0 Å². The first-order valence-corrected chi connectivity index (χ1v) is 13.8. The molecule has 4 heteroatoms. The van der Waals surface area contributed by atoms with Gasteiger partial charge in [0.1, 0.15) is 0 Å². The van der Waals surface area contributed by atoms with E-state index in [1.807, 2.05) is 22.7 Å². The average Bonchev–Trinajstić information content (AvgIpc) is 3.43. The van der Waals surface area contributed by atoms with Crippen LogP contribution in [0.2, 0.25) is 0 Å². The van der Waals surface area contributed by atoms with Crippen LogP contribution in [0.5, 0.6) is 0 Å². The van der Waals surface area contributed by atoms with Gasteiger partial charge < -0.3 is 0 Å². The molecule has 2 aromatic heterocycles. The molecule has 0 nitrogen and oxygen atoms in total. The van der Waals surface area contributed by atoms with Crippen molar-refractivity contribution in [2.75, 3.05) is 0 Å². The summed E-state index contributed by atoms with van der Waals surface area (Å²) in [5.74, 6) is 0. The Hall–Kier alpha value is -1.22. The molecule has 0 amide bonds. The fraction of sp³-hybridized carbons (Fsp3) is 0.111. The molecule has 4 aromatic rings. The molecule has 31 heavy (non-hydrogen) atoms. The lowest BCUT2D eigenvalue weighted by molar-refractivity contribution is 0.671. The van der Waals surface area contributed by atoms with E-state index in [1.54, 1.807) is 0 Å². The second kappa shape index (κ2) is 10.1. The second-order valence-electron chi connectivity index (χ2n) is 7.80. The molecule has 156 valence electrons. The zero-order valence-electron chi connectivity index (χ0n) is 17.3. The minimum atomic E-state index is -0.000762. The van der Waals surface area contributed by atoms with Gasteiger partial charge in [-0.2, -0.15) is 0 Å². The monoisotopic (exact) mass is 664 g/mol. The Morgan fingerprint density at radius 1 is 0.548 bits per heavy atom. The highest BCUT2D eigenvalue weighted by molar-refractivity contribution is 14.1. The van der Waals surface area contributed by atoms with Crippen molar-refractivity contribution in [3.63, 3.8) is 0 Å². The Kier molecular flexibility index (Phi) is 7.52. The lowest BCUT2D eigenvalue weighted by Gasteiger charge is -2.21. The van der Waals surface area contributed by atoms with Crippen molar-refractivity contribution in [3.8, 4) is 0 Å². The van der Waals surface area contributed by atoms with Crippen molar-refractivity contribution in [2.24, 2.45) is 0 Å². The minimum absolute atomic E-state index is 0.000762. The summed E-state index contributed by atoms with van der Waals surface area (Å²) in [7, 11) is 0. The van der Waals surface area contributed by atoms with Crippen molar-refractivity contribution in [2.45, 2.75) is 19.3 Å². The summed E-state index contributed by atoms with van der Waals surface area (Å²) in [6.45, 7) is 4.65. The molecule has 0 aliphatic carbocycles. The standard InChI is InChI=1S/C27H22I2S2/c1-27(2,25-17-15-23(30-25)13-7-19-3-9-21(28)10-4-19)26-18-16-24(31-26)14-8-20-5-11-22(29)12-6-20/h3-18H,1-2H3/b13-7+,14-8+. The van der Waals surface area contributed by atoms with Gasteiger partial charge in [0, 0.05) is 32.1 Å². The van der Waals surface area contributed by atoms with E-state index in [4.69, 9.17) is 0 Å². The number of halogens is 2. The van der Waals surface area contributed by atoms with Crippen LogP contribution in [-0.2, 0) is 5.41 Å². The first-order valence-electron chi connectivity index (χ1n) is 9.98. The molecule has 0 atom stereocenters. The van der Waals surface area contributed by atoms with Crippen LogP contribution in [0.15, 0.2) is 72.8 Å². The van der Waals surface area contributed by atoms with E-state index >= 15 is 0 Å². The molecule has 0 aliphatic heterocycles. The molecule has 0 radical (unpaired) electrons. The topological polar surface area (TPSA) is 0 Å². The van der Waals surface area contributed by atoms with Gasteiger partial charge >= 0.3 is 0 Å². The number of rotatable bonds is 6. The fourth-order valence-corrected chi connectivity index (χ4v) is 6.02. The third kappa shape index (κ3) is 5.97. The second-order valence-corrected chi connectivity index (χ2v) is 12.5. The van der Waals surface area contributed by atoms with E-state index in [-0.39, 0.29) is 5.41 Å². The highest BCUT2D eigenvalue weighted by Gasteiger charge is 2.26. The molecule has 0 saturated carbocycles. The Morgan fingerprint density at radius 3 is 1.32 bits per heavy atom. The van der Waals surface area contributed by atoms with Crippen LogP contribution in [0.4, 0.5) is 0 Å². The van der Waals surface area contributed by atoms with E-state index in [0.717, 1.165) is 0 Å². The first kappa shape index (κ1) is 23.0. The number of thiophene rings is 2. The maximum absolute atomic E-state index is 2.34. The first-order chi connectivity index (χ1) is 14.9. The van der Waals surface area contributed by atoms with Crippen LogP contribution < -0.4 is 0 Å². The summed E-state index contributed by atoms with van der Waals surface area (Å²) in [5.41, 5.74) is 2.47. The Labute approximate surface area is 220 Å². The molecule has 2 heterocycles. The van der Waals surface area contributed by atoms with Gasteiger partial charge in [-0.1, -0.05) is 50.3 Å².